The van der Waals surface area contributed by atoms with Crippen molar-refractivity contribution >= 4 is 0 Å². The Hall–Kier alpha value is -1.87. The number of aromatic nitrogens is 1. The second kappa shape index (κ2) is 6.34. The zero-order chi connectivity index (χ0) is 13.7. The number of nitrogens with one attached hydrogen (secondary N) is 1. The molecule has 2 atom stereocenters. The third-order valence-corrected chi connectivity index (χ3v) is 3.26. The van der Waals surface area contributed by atoms with Crippen LogP contribution in [0.3, 0.4) is 0 Å². The number of hydrogen-bond donors (Lipinski definition) is 1. The molecule has 19 heavy (non-hydrogen) atoms. The summed E-state index contributed by atoms with van der Waals surface area (Å²) in [5.41, 5.74) is 2.30. The van der Waals surface area contributed by atoms with Gasteiger partial charge >= 0.3 is 0 Å². The Morgan fingerprint density at radius 3 is 2.32 bits per heavy atom. The van der Waals surface area contributed by atoms with Crippen molar-refractivity contribution < 1.29 is 4.74 Å². The fraction of sp³-hybridized carbons (Fsp3) is 0.312. The van der Waals surface area contributed by atoms with Crippen LogP contribution in [-0.4, -0.2) is 12.0 Å². The summed E-state index contributed by atoms with van der Waals surface area (Å²) in [6.45, 7) is 4.13. The van der Waals surface area contributed by atoms with E-state index >= 15 is 0 Å². The molecule has 0 aliphatic rings. The molecule has 0 aliphatic heterocycles. The Morgan fingerprint density at radius 2 is 1.74 bits per heavy atom. The molecule has 100 valence electrons. The van der Waals surface area contributed by atoms with Gasteiger partial charge in [0.25, 0.3) is 0 Å². The Morgan fingerprint density at radius 1 is 1.00 bits per heavy atom. The maximum atomic E-state index is 5.84. The summed E-state index contributed by atoms with van der Waals surface area (Å²) in [4.78, 5) is 4.35. The fourth-order valence-electron chi connectivity index (χ4n) is 1.86. The molecular weight excluding hydrogens is 236 g/mol. The summed E-state index contributed by atoms with van der Waals surface area (Å²) in [5, 5.41) is 3.19. The fourth-order valence-corrected chi connectivity index (χ4v) is 1.86. The van der Waals surface area contributed by atoms with E-state index in [0.717, 1.165) is 11.1 Å². The summed E-state index contributed by atoms with van der Waals surface area (Å²) in [6.07, 6.45) is 1.86. The van der Waals surface area contributed by atoms with Crippen LogP contribution in [0.15, 0.2) is 48.7 Å². The number of ether oxygens (including phenoxy) is 1. The second-order valence-corrected chi connectivity index (χ2v) is 4.61. The average Bonchev–Trinajstić information content (AvgIpc) is 2.48. The van der Waals surface area contributed by atoms with Gasteiger partial charge in [-0.2, -0.15) is 0 Å². The van der Waals surface area contributed by atoms with Crippen LogP contribution in [0.4, 0.5) is 0 Å². The highest BCUT2D eigenvalue weighted by Crippen LogP contribution is 2.21. The lowest BCUT2D eigenvalue weighted by atomic mass is 10.1. The number of pyridine rings is 1. The topological polar surface area (TPSA) is 34.1 Å². The van der Waals surface area contributed by atoms with Crippen LogP contribution in [0.2, 0.25) is 0 Å². The predicted octanol–water partition coefficient (Wildman–Crippen LogP) is 3.50. The van der Waals surface area contributed by atoms with Crippen LogP contribution in [0.25, 0.3) is 0 Å². The molecule has 1 aromatic carbocycles. The lowest BCUT2D eigenvalue weighted by Crippen LogP contribution is -2.12. The van der Waals surface area contributed by atoms with E-state index in [1.54, 1.807) is 0 Å². The van der Waals surface area contributed by atoms with Gasteiger partial charge in [0.2, 0.25) is 5.88 Å². The molecule has 1 heterocycles. The van der Waals surface area contributed by atoms with Crippen molar-refractivity contribution in [1.29, 1.82) is 0 Å². The van der Waals surface area contributed by atoms with Gasteiger partial charge in [-0.15, -0.1) is 0 Å². The van der Waals surface area contributed by atoms with Gasteiger partial charge < -0.3 is 10.1 Å². The average molecular weight is 256 g/mol. The number of benzene rings is 1. The van der Waals surface area contributed by atoms with Gasteiger partial charge in [-0.05, 0) is 32.0 Å². The highest BCUT2D eigenvalue weighted by atomic mass is 16.5. The minimum absolute atomic E-state index is 0.00118. The predicted molar refractivity (Wildman–Crippen MR) is 77.2 cm³/mol. The molecule has 3 heteroatoms. The Balaban J connectivity index is 2.04. The van der Waals surface area contributed by atoms with Crippen LogP contribution in [-0.2, 0) is 0 Å². The SMILES string of the molecule is CNC(C)c1ccc(OC(C)c2ccccc2)nc1. The molecule has 1 aromatic heterocycles. The summed E-state index contributed by atoms with van der Waals surface area (Å²) in [6, 6.07) is 14.4. The molecule has 0 fully saturated rings. The van der Waals surface area contributed by atoms with Crippen molar-refractivity contribution in [1.82, 2.24) is 10.3 Å². The zero-order valence-corrected chi connectivity index (χ0v) is 11.6. The first kappa shape index (κ1) is 13.6. The van der Waals surface area contributed by atoms with Crippen LogP contribution < -0.4 is 10.1 Å². The van der Waals surface area contributed by atoms with Gasteiger partial charge in [0, 0.05) is 18.3 Å². The summed E-state index contributed by atoms with van der Waals surface area (Å²) in [5.74, 6) is 0.656. The van der Waals surface area contributed by atoms with Gasteiger partial charge in [-0.25, -0.2) is 4.98 Å². The van der Waals surface area contributed by atoms with Crippen LogP contribution in [0, 0.1) is 0 Å². The minimum Gasteiger partial charge on any atom is -0.470 e. The molecule has 2 unspecified atom stereocenters. The first-order chi connectivity index (χ1) is 9.20. The molecule has 1 N–H and O–H groups in total. The number of nitrogens with zero attached hydrogens (tertiary/aromatic N) is 1. The van der Waals surface area contributed by atoms with Crippen molar-refractivity contribution in [2.75, 3.05) is 7.05 Å². The normalized spacial score (nSPS) is 13.8. The monoisotopic (exact) mass is 256 g/mol. The largest absolute Gasteiger partial charge is 0.470 e. The highest BCUT2D eigenvalue weighted by molar-refractivity contribution is 5.22. The van der Waals surface area contributed by atoms with Gasteiger partial charge in [0.15, 0.2) is 0 Å². The number of rotatable bonds is 5. The standard InChI is InChI=1S/C16H20N2O/c1-12(17-3)15-9-10-16(18-11-15)19-13(2)14-7-5-4-6-8-14/h4-13,17H,1-3H3. The summed E-state index contributed by atoms with van der Waals surface area (Å²) < 4.78 is 5.84. The maximum Gasteiger partial charge on any atom is 0.213 e. The van der Waals surface area contributed by atoms with Crippen molar-refractivity contribution in [2.24, 2.45) is 0 Å². The summed E-state index contributed by atoms with van der Waals surface area (Å²) >= 11 is 0. The molecule has 3 nitrogen and oxygen atoms in total. The molecule has 0 saturated heterocycles. The molecule has 2 aromatic rings. The third-order valence-electron chi connectivity index (χ3n) is 3.26. The Labute approximate surface area is 114 Å². The van der Waals surface area contributed by atoms with Gasteiger partial charge in [-0.1, -0.05) is 36.4 Å². The van der Waals surface area contributed by atoms with E-state index < -0.39 is 0 Å². The lowest BCUT2D eigenvalue weighted by molar-refractivity contribution is 0.217. The van der Waals surface area contributed by atoms with Crippen molar-refractivity contribution in [3.8, 4) is 5.88 Å². The van der Waals surface area contributed by atoms with E-state index in [2.05, 4.69) is 29.4 Å². The lowest BCUT2D eigenvalue weighted by Gasteiger charge is -2.15. The Bertz CT molecular complexity index is 496. The zero-order valence-electron chi connectivity index (χ0n) is 11.6. The van der Waals surface area contributed by atoms with Crippen LogP contribution in [0.5, 0.6) is 5.88 Å². The maximum absolute atomic E-state index is 5.84. The third kappa shape index (κ3) is 3.55. The molecule has 0 aliphatic carbocycles. The Kier molecular flexibility index (Phi) is 4.53. The minimum atomic E-state index is 0.00118. The summed E-state index contributed by atoms with van der Waals surface area (Å²) in [7, 11) is 1.94. The molecule has 0 radical (unpaired) electrons. The van der Waals surface area contributed by atoms with E-state index in [1.165, 1.54) is 0 Å². The van der Waals surface area contributed by atoms with Crippen molar-refractivity contribution in [3.05, 3.63) is 59.8 Å². The molecule has 2 rings (SSSR count). The number of hydrogen-bond acceptors (Lipinski definition) is 3. The molecule has 0 bridgehead atoms. The molecular formula is C16H20N2O. The van der Waals surface area contributed by atoms with Crippen LogP contribution in [0.1, 0.15) is 37.1 Å². The van der Waals surface area contributed by atoms with E-state index in [-0.39, 0.29) is 6.10 Å². The quantitative estimate of drug-likeness (QED) is 0.889. The smallest absolute Gasteiger partial charge is 0.213 e. The van der Waals surface area contributed by atoms with Gasteiger partial charge in [0.05, 0.1) is 0 Å². The van der Waals surface area contributed by atoms with Crippen molar-refractivity contribution in [3.63, 3.8) is 0 Å². The van der Waals surface area contributed by atoms with Crippen LogP contribution >= 0.6 is 0 Å². The first-order valence-electron chi connectivity index (χ1n) is 6.55. The first-order valence-corrected chi connectivity index (χ1v) is 6.55. The van der Waals surface area contributed by atoms with Gasteiger partial charge in [-0.3, -0.25) is 0 Å². The van der Waals surface area contributed by atoms with E-state index in [0.29, 0.717) is 11.9 Å². The molecule has 0 spiro atoms. The van der Waals surface area contributed by atoms with Crippen molar-refractivity contribution in [2.45, 2.75) is 26.0 Å². The molecule has 0 saturated carbocycles. The highest BCUT2D eigenvalue weighted by Gasteiger charge is 2.08. The van der Waals surface area contributed by atoms with E-state index in [4.69, 9.17) is 4.74 Å². The molecule has 0 amide bonds. The second-order valence-electron chi connectivity index (χ2n) is 4.61. The van der Waals surface area contributed by atoms with E-state index in [9.17, 15) is 0 Å². The van der Waals surface area contributed by atoms with E-state index in [1.807, 2.05) is 50.5 Å². The van der Waals surface area contributed by atoms with Gasteiger partial charge in [0.1, 0.15) is 6.10 Å².